The molecule has 0 aliphatic carbocycles. The molecule has 1 aromatic rings. The summed E-state index contributed by atoms with van der Waals surface area (Å²) in [6.07, 6.45) is 0. The predicted molar refractivity (Wildman–Crippen MR) is 44.4 cm³/mol. The second kappa shape index (κ2) is 4.43. The van der Waals surface area contributed by atoms with Crippen molar-refractivity contribution in [2.24, 2.45) is 5.84 Å². The SMILES string of the molecule is Br.NNc1c(F)c(F)cc(F)c1F. The Balaban J connectivity index is 0.00000144. The molecule has 1 aromatic carbocycles. The van der Waals surface area contributed by atoms with Crippen molar-refractivity contribution >= 4 is 22.7 Å². The van der Waals surface area contributed by atoms with E-state index in [9.17, 15) is 17.6 Å². The molecule has 0 atom stereocenters. The Kier molecular flexibility index (Phi) is 4.15. The molecule has 0 saturated carbocycles. The summed E-state index contributed by atoms with van der Waals surface area (Å²) in [4.78, 5) is 0. The Labute approximate surface area is 81.5 Å². The van der Waals surface area contributed by atoms with E-state index in [1.165, 1.54) is 5.43 Å². The third-order valence-electron chi connectivity index (χ3n) is 1.26. The number of hydrogen-bond donors (Lipinski definition) is 2. The molecular formula is C6H5BrF4N2. The standard InChI is InChI=1S/C6H4F4N2.BrH/c7-2-1-3(8)5(10)6(12-11)4(2)9;/h1,12H,11H2;1H. The van der Waals surface area contributed by atoms with E-state index in [0.29, 0.717) is 0 Å². The zero-order valence-electron chi connectivity index (χ0n) is 6.07. The molecule has 0 aliphatic rings. The van der Waals surface area contributed by atoms with E-state index in [0.717, 1.165) is 0 Å². The maximum absolute atomic E-state index is 12.5. The molecule has 0 amide bonds. The highest BCUT2D eigenvalue weighted by atomic mass is 79.9. The van der Waals surface area contributed by atoms with E-state index in [1.807, 2.05) is 0 Å². The van der Waals surface area contributed by atoms with E-state index >= 15 is 0 Å². The molecular weight excluding hydrogens is 256 g/mol. The Bertz CT molecular complexity index is 292. The third-order valence-corrected chi connectivity index (χ3v) is 1.26. The van der Waals surface area contributed by atoms with Gasteiger partial charge in [0.2, 0.25) is 0 Å². The van der Waals surface area contributed by atoms with Crippen LogP contribution in [-0.2, 0) is 0 Å². The van der Waals surface area contributed by atoms with Gasteiger partial charge in [0.05, 0.1) is 0 Å². The van der Waals surface area contributed by atoms with Crippen LogP contribution in [0.15, 0.2) is 6.07 Å². The first-order valence-electron chi connectivity index (χ1n) is 2.87. The topological polar surface area (TPSA) is 38.0 Å². The van der Waals surface area contributed by atoms with Crippen molar-refractivity contribution in [2.45, 2.75) is 0 Å². The lowest BCUT2D eigenvalue weighted by atomic mass is 10.2. The first-order chi connectivity index (χ1) is 5.57. The lowest BCUT2D eigenvalue weighted by molar-refractivity contribution is 0.458. The fourth-order valence-electron chi connectivity index (χ4n) is 0.700. The van der Waals surface area contributed by atoms with Crippen LogP contribution in [0.3, 0.4) is 0 Å². The van der Waals surface area contributed by atoms with Gasteiger partial charge < -0.3 is 5.43 Å². The molecule has 1 rings (SSSR count). The molecule has 0 radical (unpaired) electrons. The Morgan fingerprint density at radius 3 is 1.69 bits per heavy atom. The monoisotopic (exact) mass is 260 g/mol. The van der Waals surface area contributed by atoms with Crippen LogP contribution in [0.1, 0.15) is 0 Å². The predicted octanol–water partition coefficient (Wildman–Crippen LogP) is 2.11. The van der Waals surface area contributed by atoms with Crippen LogP contribution in [0.2, 0.25) is 0 Å². The van der Waals surface area contributed by atoms with Crippen LogP contribution in [0.4, 0.5) is 23.2 Å². The van der Waals surface area contributed by atoms with Crippen LogP contribution in [0, 0.1) is 23.3 Å². The highest BCUT2D eigenvalue weighted by Crippen LogP contribution is 2.22. The molecule has 0 saturated heterocycles. The molecule has 0 bridgehead atoms. The summed E-state index contributed by atoms with van der Waals surface area (Å²) in [7, 11) is 0. The molecule has 3 N–H and O–H groups in total. The van der Waals surface area contributed by atoms with Crippen LogP contribution in [0.5, 0.6) is 0 Å². The molecule has 74 valence electrons. The van der Waals surface area contributed by atoms with E-state index < -0.39 is 29.0 Å². The average molecular weight is 261 g/mol. The van der Waals surface area contributed by atoms with Crippen molar-refractivity contribution in [3.05, 3.63) is 29.3 Å². The Morgan fingerprint density at radius 2 is 1.38 bits per heavy atom. The zero-order chi connectivity index (χ0) is 9.30. The van der Waals surface area contributed by atoms with Crippen molar-refractivity contribution in [1.82, 2.24) is 0 Å². The van der Waals surface area contributed by atoms with Gasteiger partial charge in [-0.2, -0.15) is 0 Å². The zero-order valence-corrected chi connectivity index (χ0v) is 7.79. The maximum Gasteiger partial charge on any atom is 0.186 e. The smallest absolute Gasteiger partial charge is 0.186 e. The number of hydrogen-bond acceptors (Lipinski definition) is 2. The van der Waals surface area contributed by atoms with Gasteiger partial charge in [-0.3, -0.25) is 5.84 Å². The first-order valence-corrected chi connectivity index (χ1v) is 2.87. The third kappa shape index (κ3) is 2.10. The molecule has 0 heterocycles. The number of anilines is 1. The molecule has 0 aliphatic heterocycles. The average Bonchev–Trinajstić information content (AvgIpc) is 2.02. The fraction of sp³-hybridized carbons (Fsp3) is 0. The summed E-state index contributed by atoms with van der Waals surface area (Å²) in [6.45, 7) is 0. The van der Waals surface area contributed by atoms with Gasteiger partial charge in [-0.05, 0) is 0 Å². The lowest BCUT2D eigenvalue weighted by Crippen LogP contribution is -2.12. The van der Waals surface area contributed by atoms with Gasteiger partial charge in [-0.15, -0.1) is 17.0 Å². The van der Waals surface area contributed by atoms with Crippen molar-refractivity contribution in [3.63, 3.8) is 0 Å². The molecule has 0 unspecified atom stereocenters. The number of rotatable bonds is 1. The van der Waals surface area contributed by atoms with Gasteiger partial charge in [0.25, 0.3) is 0 Å². The number of halogens is 5. The number of nitrogens with two attached hydrogens (primary N) is 1. The molecule has 7 heteroatoms. The summed E-state index contributed by atoms with van der Waals surface area (Å²) in [5.74, 6) is -1.46. The molecule has 13 heavy (non-hydrogen) atoms. The van der Waals surface area contributed by atoms with Crippen LogP contribution in [0.25, 0.3) is 0 Å². The van der Waals surface area contributed by atoms with Gasteiger partial charge in [-0.1, -0.05) is 0 Å². The van der Waals surface area contributed by atoms with Gasteiger partial charge in [-0.25, -0.2) is 17.6 Å². The van der Waals surface area contributed by atoms with Gasteiger partial charge >= 0.3 is 0 Å². The Morgan fingerprint density at radius 1 is 1.00 bits per heavy atom. The van der Waals surface area contributed by atoms with Gasteiger partial charge in [0.1, 0.15) is 5.69 Å². The van der Waals surface area contributed by atoms with Crippen molar-refractivity contribution < 1.29 is 17.6 Å². The second-order valence-electron chi connectivity index (χ2n) is 1.99. The maximum atomic E-state index is 12.5. The highest BCUT2D eigenvalue weighted by molar-refractivity contribution is 8.93. The van der Waals surface area contributed by atoms with E-state index in [1.54, 1.807) is 0 Å². The molecule has 0 fully saturated rings. The van der Waals surface area contributed by atoms with Crippen molar-refractivity contribution in [2.75, 3.05) is 5.43 Å². The summed E-state index contributed by atoms with van der Waals surface area (Å²) < 4.78 is 49.7. The molecule has 2 nitrogen and oxygen atoms in total. The molecule has 0 spiro atoms. The number of nitrogens with one attached hydrogen (secondary N) is 1. The van der Waals surface area contributed by atoms with Crippen LogP contribution in [-0.4, -0.2) is 0 Å². The second-order valence-corrected chi connectivity index (χ2v) is 1.99. The van der Waals surface area contributed by atoms with Crippen molar-refractivity contribution in [1.29, 1.82) is 0 Å². The quantitative estimate of drug-likeness (QED) is 0.351. The van der Waals surface area contributed by atoms with E-state index in [4.69, 9.17) is 0 Å². The number of benzene rings is 1. The van der Waals surface area contributed by atoms with Gasteiger partial charge in [0, 0.05) is 6.07 Å². The highest BCUT2D eigenvalue weighted by Gasteiger charge is 2.17. The lowest BCUT2D eigenvalue weighted by Gasteiger charge is -2.04. The summed E-state index contributed by atoms with van der Waals surface area (Å²) in [5, 5.41) is 0. The van der Waals surface area contributed by atoms with Gasteiger partial charge in [0.15, 0.2) is 23.3 Å². The Hall–Kier alpha value is -0.820. The van der Waals surface area contributed by atoms with Crippen LogP contribution >= 0.6 is 17.0 Å². The molecule has 0 aromatic heterocycles. The normalized spacial score (nSPS) is 9.31. The first kappa shape index (κ1) is 12.2. The largest absolute Gasteiger partial charge is 0.319 e. The fourth-order valence-corrected chi connectivity index (χ4v) is 0.700. The number of hydrazine groups is 1. The minimum absolute atomic E-state index is 0. The minimum Gasteiger partial charge on any atom is -0.319 e. The van der Waals surface area contributed by atoms with Crippen LogP contribution < -0.4 is 11.3 Å². The van der Waals surface area contributed by atoms with E-state index in [-0.39, 0.29) is 23.0 Å². The minimum atomic E-state index is -1.55. The van der Waals surface area contributed by atoms with Crippen molar-refractivity contribution in [3.8, 4) is 0 Å². The summed E-state index contributed by atoms with van der Waals surface area (Å²) >= 11 is 0. The number of nitrogen functional groups attached to an aromatic ring is 1. The summed E-state index contributed by atoms with van der Waals surface area (Å²) in [5.41, 5.74) is 0.494. The van der Waals surface area contributed by atoms with E-state index in [2.05, 4.69) is 5.84 Å². The summed E-state index contributed by atoms with van der Waals surface area (Å²) in [6, 6.07) is 0.103.